The lowest BCUT2D eigenvalue weighted by atomic mass is 10.0. The number of para-hydroxylation sites is 1. The van der Waals surface area contributed by atoms with Crippen LogP contribution in [0.4, 0.5) is 0 Å². The number of pyridine rings is 1. The van der Waals surface area contributed by atoms with E-state index in [4.69, 9.17) is 0 Å². The minimum Gasteiger partial charge on any atom is -0.360 e. The van der Waals surface area contributed by atoms with Crippen molar-refractivity contribution in [3.63, 3.8) is 0 Å². The first-order valence-electron chi connectivity index (χ1n) is 10.5. The number of aromatic amines is 1. The monoisotopic (exact) mass is 418 g/mol. The summed E-state index contributed by atoms with van der Waals surface area (Å²) < 4.78 is 0. The number of nitrogens with zero attached hydrogens (tertiary/aromatic N) is 1. The van der Waals surface area contributed by atoms with Crippen LogP contribution in [0.5, 0.6) is 0 Å². The lowest BCUT2D eigenvalue weighted by Gasteiger charge is -2.33. The molecule has 1 aliphatic rings. The van der Waals surface area contributed by atoms with E-state index in [1.54, 1.807) is 18.2 Å². The molecule has 1 atom stereocenters. The van der Waals surface area contributed by atoms with Crippen LogP contribution in [-0.4, -0.2) is 47.4 Å². The summed E-state index contributed by atoms with van der Waals surface area (Å²) in [5, 5.41) is 6.01. The number of nitrogens with one attached hydrogen (secondary N) is 3. The van der Waals surface area contributed by atoms with Gasteiger partial charge in [-0.3, -0.25) is 19.3 Å². The molecule has 31 heavy (non-hydrogen) atoms. The molecule has 1 aliphatic heterocycles. The van der Waals surface area contributed by atoms with Gasteiger partial charge in [0.1, 0.15) is 5.56 Å². The standard InChI is InChI=1S/C24H26N4O3/c29-22(27-18-9-6-12-28(16-18)15-17-7-2-1-3-8-17)14-26-24(31)20-13-25-21-11-5-4-10-19(21)23(20)30/h1-5,7-8,10-11,13,18H,6,9,12,14-16H2,(H,25,30)(H,26,31)(H,27,29). The number of carbonyl (C=O) groups excluding carboxylic acids is 2. The number of hydrogen-bond acceptors (Lipinski definition) is 4. The second kappa shape index (κ2) is 9.57. The van der Waals surface area contributed by atoms with Crippen LogP contribution in [0, 0.1) is 0 Å². The van der Waals surface area contributed by atoms with Crippen molar-refractivity contribution in [1.29, 1.82) is 0 Å². The number of aromatic nitrogens is 1. The van der Waals surface area contributed by atoms with Crippen molar-refractivity contribution in [2.45, 2.75) is 25.4 Å². The van der Waals surface area contributed by atoms with Gasteiger partial charge in [-0.2, -0.15) is 0 Å². The van der Waals surface area contributed by atoms with E-state index in [-0.39, 0.29) is 29.5 Å². The number of amides is 2. The zero-order chi connectivity index (χ0) is 21.6. The first-order valence-corrected chi connectivity index (χ1v) is 10.5. The maximum atomic E-state index is 12.5. The van der Waals surface area contributed by atoms with Crippen molar-refractivity contribution >= 4 is 22.7 Å². The third-order valence-corrected chi connectivity index (χ3v) is 5.56. The van der Waals surface area contributed by atoms with Crippen molar-refractivity contribution in [1.82, 2.24) is 20.5 Å². The first-order chi connectivity index (χ1) is 15.1. The summed E-state index contributed by atoms with van der Waals surface area (Å²) in [4.78, 5) is 42.6. The number of carbonyl (C=O) groups is 2. The van der Waals surface area contributed by atoms with Gasteiger partial charge in [-0.25, -0.2) is 0 Å². The molecule has 3 aromatic rings. The third-order valence-electron chi connectivity index (χ3n) is 5.56. The maximum Gasteiger partial charge on any atom is 0.257 e. The Morgan fingerprint density at radius 3 is 2.68 bits per heavy atom. The van der Waals surface area contributed by atoms with Crippen LogP contribution in [0.15, 0.2) is 65.6 Å². The fourth-order valence-corrected chi connectivity index (χ4v) is 4.03. The number of H-pyrrole nitrogens is 1. The summed E-state index contributed by atoms with van der Waals surface area (Å²) in [7, 11) is 0. The van der Waals surface area contributed by atoms with E-state index in [0.717, 1.165) is 32.5 Å². The van der Waals surface area contributed by atoms with Crippen LogP contribution in [0.3, 0.4) is 0 Å². The predicted octanol–water partition coefficient (Wildman–Crippen LogP) is 2.04. The van der Waals surface area contributed by atoms with Gasteiger partial charge < -0.3 is 15.6 Å². The highest BCUT2D eigenvalue weighted by molar-refractivity contribution is 5.98. The van der Waals surface area contributed by atoms with Crippen molar-refractivity contribution in [3.05, 3.63) is 82.1 Å². The zero-order valence-electron chi connectivity index (χ0n) is 17.3. The number of benzene rings is 2. The van der Waals surface area contributed by atoms with Crippen molar-refractivity contribution in [2.24, 2.45) is 0 Å². The van der Waals surface area contributed by atoms with Gasteiger partial charge in [0.25, 0.3) is 5.91 Å². The molecule has 0 aliphatic carbocycles. The average Bonchev–Trinajstić information content (AvgIpc) is 2.79. The fraction of sp³-hybridized carbons (Fsp3) is 0.292. The van der Waals surface area contributed by atoms with E-state index in [1.807, 2.05) is 24.3 Å². The van der Waals surface area contributed by atoms with Crippen LogP contribution in [0.2, 0.25) is 0 Å². The van der Waals surface area contributed by atoms with Crippen LogP contribution < -0.4 is 16.1 Å². The number of piperidine rings is 1. The molecule has 1 fully saturated rings. The Morgan fingerprint density at radius 1 is 1.06 bits per heavy atom. The van der Waals surface area contributed by atoms with Gasteiger partial charge in [0, 0.05) is 36.2 Å². The van der Waals surface area contributed by atoms with Crippen LogP contribution in [-0.2, 0) is 11.3 Å². The molecule has 3 N–H and O–H groups in total. The Hall–Kier alpha value is -3.45. The normalized spacial score (nSPS) is 16.7. The number of hydrogen-bond donors (Lipinski definition) is 3. The summed E-state index contributed by atoms with van der Waals surface area (Å²) in [5.74, 6) is -0.811. The Kier molecular flexibility index (Phi) is 6.43. The van der Waals surface area contributed by atoms with Gasteiger partial charge in [-0.05, 0) is 37.1 Å². The minimum absolute atomic E-state index is 0.00166. The Morgan fingerprint density at radius 2 is 1.84 bits per heavy atom. The Bertz CT molecular complexity index is 1130. The molecule has 1 saturated heterocycles. The van der Waals surface area contributed by atoms with E-state index < -0.39 is 5.91 Å². The first kappa shape index (κ1) is 20.8. The summed E-state index contributed by atoms with van der Waals surface area (Å²) >= 11 is 0. The highest BCUT2D eigenvalue weighted by atomic mass is 16.2. The van der Waals surface area contributed by atoms with E-state index in [0.29, 0.717) is 10.9 Å². The molecule has 2 amide bonds. The average molecular weight is 418 g/mol. The summed E-state index contributed by atoms with van der Waals surface area (Å²) in [5.41, 5.74) is 1.57. The van der Waals surface area contributed by atoms with Crippen LogP contribution >= 0.6 is 0 Å². The molecule has 7 nitrogen and oxygen atoms in total. The molecule has 0 bridgehead atoms. The van der Waals surface area contributed by atoms with Crippen LogP contribution in [0.25, 0.3) is 10.9 Å². The van der Waals surface area contributed by atoms with Gasteiger partial charge in [0.15, 0.2) is 0 Å². The highest BCUT2D eigenvalue weighted by Gasteiger charge is 2.22. The summed E-state index contributed by atoms with van der Waals surface area (Å²) in [6, 6.07) is 17.3. The number of rotatable bonds is 6. The molecule has 2 aromatic carbocycles. The van der Waals surface area contributed by atoms with Gasteiger partial charge in [0.05, 0.1) is 6.54 Å². The topological polar surface area (TPSA) is 94.3 Å². The zero-order valence-corrected chi connectivity index (χ0v) is 17.3. The largest absolute Gasteiger partial charge is 0.360 e. The molecule has 7 heteroatoms. The third kappa shape index (κ3) is 5.19. The van der Waals surface area contributed by atoms with E-state index in [1.165, 1.54) is 11.8 Å². The quantitative estimate of drug-likeness (QED) is 0.571. The van der Waals surface area contributed by atoms with Crippen molar-refractivity contribution in [3.8, 4) is 0 Å². The predicted molar refractivity (Wildman–Crippen MR) is 120 cm³/mol. The second-order valence-corrected chi connectivity index (χ2v) is 7.89. The Balaban J connectivity index is 1.29. The molecular weight excluding hydrogens is 392 g/mol. The smallest absolute Gasteiger partial charge is 0.257 e. The number of likely N-dealkylation sites (tertiary alicyclic amines) is 1. The van der Waals surface area contributed by atoms with E-state index in [9.17, 15) is 14.4 Å². The summed E-state index contributed by atoms with van der Waals surface area (Å²) in [6.07, 6.45) is 3.31. The van der Waals surface area contributed by atoms with E-state index >= 15 is 0 Å². The van der Waals surface area contributed by atoms with Crippen LogP contribution in [0.1, 0.15) is 28.8 Å². The van der Waals surface area contributed by atoms with Gasteiger partial charge >= 0.3 is 0 Å². The molecule has 1 aromatic heterocycles. The molecule has 4 rings (SSSR count). The maximum absolute atomic E-state index is 12.5. The molecule has 160 valence electrons. The lowest BCUT2D eigenvalue weighted by molar-refractivity contribution is -0.121. The molecule has 0 radical (unpaired) electrons. The fourth-order valence-electron chi connectivity index (χ4n) is 4.03. The molecule has 0 spiro atoms. The Labute approximate surface area is 180 Å². The highest BCUT2D eigenvalue weighted by Crippen LogP contribution is 2.13. The SMILES string of the molecule is O=C(CNC(=O)c1c[nH]c2ccccc2c1=O)NC1CCCN(Cc2ccccc2)C1. The molecular formula is C24H26N4O3. The molecule has 0 saturated carbocycles. The van der Waals surface area contributed by atoms with Crippen molar-refractivity contribution < 1.29 is 9.59 Å². The minimum atomic E-state index is -0.559. The van der Waals surface area contributed by atoms with E-state index in [2.05, 4.69) is 32.7 Å². The lowest BCUT2D eigenvalue weighted by Crippen LogP contribution is -2.49. The molecule has 1 unspecified atom stereocenters. The van der Waals surface area contributed by atoms with Gasteiger partial charge in [0.2, 0.25) is 11.3 Å². The molecule has 2 heterocycles. The van der Waals surface area contributed by atoms with Gasteiger partial charge in [-0.1, -0.05) is 42.5 Å². The van der Waals surface area contributed by atoms with Crippen molar-refractivity contribution in [2.75, 3.05) is 19.6 Å². The second-order valence-electron chi connectivity index (χ2n) is 7.89. The number of fused-ring (bicyclic) bond motifs is 1. The van der Waals surface area contributed by atoms with Gasteiger partial charge in [-0.15, -0.1) is 0 Å². The summed E-state index contributed by atoms with van der Waals surface area (Å²) in [6.45, 7) is 2.47.